The zero-order valence-electron chi connectivity index (χ0n) is 15.3. The van der Waals surface area contributed by atoms with Gasteiger partial charge in [0.05, 0.1) is 0 Å². The molecule has 0 saturated carbocycles. The zero-order chi connectivity index (χ0) is 20.2. The Kier molecular flexibility index (Phi) is 6.59. The number of hydrogen-bond acceptors (Lipinski definition) is 7. The van der Waals surface area contributed by atoms with Gasteiger partial charge >= 0.3 is 0 Å². The highest BCUT2D eigenvalue weighted by molar-refractivity contribution is 5.36. The van der Waals surface area contributed by atoms with Crippen LogP contribution in [0.4, 0.5) is 0 Å². The van der Waals surface area contributed by atoms with Gasteiger partial charge in [0.2, 0.25) is 11.6 Å². The Hall–Kier alpha value is -2.00. The number of ether oxygens (including phenoxy) is 1. The third-order valence-electron chi connectivity index (χ3n) is 4.50. The number of rotatable bonds is 8. The maximum atomic E-state index is 10.0. The van der Waals surface area contributed by atoms with E-state index in [1.165, 1.54) is 48.5 Å². The molecule has 2 atom stereocenters. The molecule has 0 fully saturated rings. The Labute approximate surface area is 157 Å². The van der Waals surface area contributed by atoms with Gasteiger partial charge in [-0.1, -0.05) is 13.8 Å². The lowest BCUT2D eigenvalue weighted by atomic mass is 9.98. The first-order valence-corrected chi connectivity index (χ1v) is 8.77. The predicted octanol–water partition coefficient (Wildman–Crippen LogP) is 1.30. The minimum Gasteiger partial charge on any atom is -0.457 e. The number of hydrogen-bond donors (Lipinski definition) is 6. The summed E-state index contributed by atoms with van der Waals surface area (Å²) >= 11 is 0. The van der Waals surface area contributed by atoms with Crippen molar-refractivity contribution in [1.29, 1.82) is 0 Å². The molecule has 0 bridgehead atoms. The van der Waals surface area contributed by atoms with E-state index in [0.29, 0.717) is 11.5 Å². The fourth-order valence-electron chi connectivity index (χ4n) is 2.63. The second kappa shape index (κ2) is 8.35. The molecule has 2 unspecified atom stereocenters. The highest BCUT2D eigenvalue weighted by Gasteiger charge is 2.34. The molecule has 0 radical (unpaired) electrons. The van der Waals surface area contributed by atoms with Gasteiger partial charge < -0.3 is 35.4 Å². The van der Waals surface area contributed by atoms with Crippen molar-refractivity contribution >= 4 is 0 Å². The number of aliphatic hydroxyl groups is 6. The van der Waals surface area contributed by atoms with Crippen LogP contribution in [0.3, 0.4) is 0 Å². The van der Waals surface area contributed by atoms with Crippen molar-refractivity contribution in [2.75, 3.05) is 0 Å². The van der Waals surface area contributed by atoms with E-state index in [4.69, 9.17) is 4.74 Å². The van der Waals surface area contributed by atoms with E-state index in [0.717, 1.165) is 0 Å². The molecule has 0 aliphatic heterocycles. The Morgan fingerprint density at radius 3 is 1.22 bits per heavy atom. The van der Waals surface area contributed by atoms with E-state index in [1.54, 1.807) is 13.8 Å². The number of aliphatic hydroxyl groups excluding tert-OH is 2. The van der Waals surface area contributed by atoms with Crippen LogP contribution >= 0.6 is 0 Å². The van der Waals surface area contributed by atoms with Crippen LogP contribution in [0.15, 0.2) is 48.5 Å². The Morgan fingerprint density at radius 1 is 0.667 bits per heavy atom. The van der Waals surface area contributed by atoms with Crippen molar-refractivity contribution in [2.45, 2.75) is 50.5 Å². The summed E-state index contributed by atoms with van der Waals surface area (Å²) in [5.74, 6) is -3.86. The largest absolute Gasteiger partial charge is 0.457 e. The molecule has 0 amide bonds. The van der Waals surface area contributed by atoms with Gasteiger partial charge in [-0.25, -0.2) is 0 Å². The second-order valence-corrected chi connectivity index (χ2v) is 6.45. The molecule has 0 heterocycles. The summed E-state index contributed by atoms with van der Waals surface area (Å²) in [6.45, 7) is 3.28. The standard InChI is InChI=1S/C20H26O7/c1-3-17(21)19(23,24)13-5-9-15(10-6-13)27-16-11-7-14(8-12-16)20(25,26)18(22)4-2/h5-12,17-18,21-26H,3-4H2,1-2H3. The van der Waals surface area contributed by atoms with Gasteiger partial charge in [-0.15, -0.1) is 0 Å². The summed E-state index contributed by atoms with van der Waals surface area (Å²) in [7, 11) is 0. The fourth-order valence-corrected chi connectivity index (χ4v) is 2.63. The Balaban J connectivity index is 2.12. The summed E-state index contributed by atoms with van der Waals surface area (Å²) in [5.41, 5.74) is 0.275. The summed E-state index contributed by atoms with van der Waals surface area (Å²) in [6.07, 6.45) is -2.26. The van der Waals surface area contributed by atoms with Crippen LogP contribution in [0.25, 0.3) is 0 Å². The van der Waals surface area contributed by atoms with E-state index in [1.807, 2.05) is 0 Å². The van der Waals surface area contributed by atoms with Gasteiger partial charge in [0.15, 0.2) is 0 Å². The van der Waals surface area contributed by atoms with Gasteiger partial charge in [-0.3, -0.25) is 0 Å². The molecule has 2 aromatic carbocycles. The molecule has 0 aliphatic carbocycles. The van der Waals surface area contributed by atoms with Crippen LogP contribution < -0.4 is 4.74 Å². The van der Waals surface area contributed by atoms with Crippen molar-refractivity contribution in [1.82, 2.24) is 0 Å². The van der Waals surface area contributed by atoms with Crippen LogP contribution in [0, 0.1) is 0 Å². The lowest BCUT2D eigenvalue weighted by Gasteiger charge is -2.27. The average molecular weight is 378 g/mol. The van der Waals surface area contributed by atoms with E-state index in [-0.39, 0.29) is 24.0 Å². The molecule has 0 aliphatic rings. The van der Waals surface area contributed by atoms with Crippen molar-refractivity contribution in [2.24, 2.45) is 0 Å². The number of benzene rings is 2. The second-order valence-electron chi connectivity index (χ2n) is 6.45. The molecule has 0 aromatic heterocycles. The molecular formula is C20H26O7. The van der Waals surface area contributed by atoms with E-state index < -0.39 is 23.8 Å². The van der Waals surface area contributed by atoms with Crippen molar-refractivity contribution < 1.29 is 35.4 Å². The minimum atomic E-state index is -2.35. The molecule has 6 N–H and O–H groups in total. The molecule has 27 heavy (non-hydrogen) atoms. The minimum absolute atomic E-state index is 0.137. The average Bonchev–Trinajstić information content (AvgIpc) is 2.67. The highest BCUT2D eigenvalue weighted by Crippen LogP contribution is 2.30. The first-order chi connectivity index (χ1) is 12.6. The van der Waals surface area contributed by atoms with Crippen molar-refractivity contribution in [3.63, 3.8) is 0 Å². The van der Waals surface area contributed by atoms with Crippen LogP contribution in [0.1, 0.15) is 37.8 Å². The summed E-state index contributed by atoms with van der Waals surface area (Å²) in [4.78, 5) is 0. The molecule has 0 saturated heterocycles. The van der Waals surface area contributed by atoms with E-state index in [9.17, 15) is 30.6 Å². The van der Waals surface area contributed by atoms with Crippen molar-refractivity contribution in [3.05, 3.63) is 59.7 Å². The molecular weight excluding hydrogens is 352 g/mol. The SMILES string of the molecule is CCC(O)C(O)(O)c1ccc(Oc2ccc(C(O)(O)C(O)CC)cc2)cc1. The first kappa shape index (κ1) is 21.3. The molecule has 7 nitrogen and oxygen atoms in total. The Bertz CT molecular complexity index is 660. The van der Waals surface area contributed by atoms with Gasteiger partial charge in [0.1, 0.15) is 23.7 Å². The zero-order valence-corrected chi connectivity index (χ0v) is 15.3. The summed E-state index contributed by atoms with van der Waals surface area (Å²) < 4.78 is 5.64. The van der Waals surface area contributed by atoms with Gasteiger partial charge in [0, 0.05) is 11.1 Å². The molecule has 0 spiro atoms. The van der Waals surface area contributed by atoms with Crippen LogP contribution in [-0.2, 0) is 11.6 Å². The lowest BCUT2D eigenvalue weighted by Crippen LogP contribution is -2.38. The van der Waals surface area contributed by atoms with E-state index >= 15 is 0 Å². The van der Waals surface area contributed by atoms with Crippen molar-refractivity contribution in [3.8, 4) is 11.5 Å². The summed E-state index contributed by atoms with van der Waals surface area (Å²) in [5, 5.41) is 59.4. The summed E-state index contributed by atoms with van der Waals surface area (Å²) in [6, 6.07) is 11.8. The fraction of sp³-hybridized carbons (Fsp3) is 0.400. The topological polar surface area (TPSA) is 131 Å². The van der Waals surface area contributed by atoms with Gasteiger partial charge in [-0.2, -0.15) is 0 Å². The predicted molar refractivity (Wildman–Crippen MR) is 97.8 cm³/mol. The monoisotopic (exact) mass is 378 g/mol. The molecule has 2 aromatic rings. The van der Waals surface area contributed by atoms with Crippen LogP contribution in [-0.4, -0.2) is 42.8 Å². The van der Waals surface area contributed by atoms with Gasteiger partial charge in [-0.05, 0) is 61.4 Å². The third kappa shape index (κ3) is 4.65. The molecule has 2 rings (SSSR count). The molecule has 148 valence electrons. The molecule has 7 heteroatoms. The normalized spacial score (nSPS) is 14.7. The van der Waals surface area contributed by atoms with Crippen LogP contribution in [0.5, 0.6) is 11.5 Å². The third-order valence-corrected chi connectivity index (χ3v) is 4.50. The van der Waals surface area contributed by atoms with E-state index in [2.05, 4.69) is 0 Å². The lowest BCUT2D eigenvalue weighted by molar-refractivity contribution is -0.235. The van der Waals surface area contributed by atoms with Crippen LogP contribution in [0.2, 0.25) is 0 Å². The Morgan fingerprint density at radius 2 is 0.963 bits per heavy atom. The first-order valence-electron chi connectivity index (χ1n) is 8.77. The maximum absolute atomic E-state index is 10.0. The highest BCUT2D eigenvalue weighted by atomic mass is 16.5. The smallest absolute Gasteiger partial charge is 0.216 e. The quantitative estimate of drug-likeness (QED) is 0.382. The van der Waals surface area contributed by atoms with Gasteiger partial charge in [0.25, 0.3) is 0 Å². The maximum Gasteiger partial charge on any atom is 0.216 e.